The summed E-state index contributed by atoms with van der Waals surface area (Å²) in [4.78, 5) is 47.4. The van der Waals surface area contributed by atoms with Gasteiger partial charge < -0.3 is 86.9 Å². The van der Waals surface area contributed by atoms with Crippen molar-refractivity contribution < 1.29 is 86.5 Å². The number of hydrogen-bond donors (Lipinski definition) is 3. The molecule has 1 rings (SSSR count). The van der Waals surface area contributed by atoms with Gasteiger partial charge in [-0.25, -0.2) is 0 Å². The second-order valence-electron chi connectivity index (χ2n) is 24.1. The maximum atomic E-state index is 14.1. The minimum absolute atomic E-state index is 0.0233. The molecule has 0 aliphatic carbocycles. The van der Waals surface area contributed by atoms with Gasteiger partial charge in [0, 0.05) is 77.3 Å². The second kappa shape index (κ2) is 70.4. The highest BCUT2D eigenvalue weighted by molar-refractivity contribution is 6.04. The highest BCUT2D eigenvalue weighted by Gasteiger charge is 2.22. The lowest BCUT2D eigenvalue weighted by Crippen LogP contribution is -2.32. The van der Waals surface area contributed by atoms with E-state index in [0.717, 1.165) is 96.9 Å². The van der Waals surface area contributed by atoms with Crippen molar-refractivity contribution in [3.05, 3.63) is 34.9 Å². The van der Waals surface area contributed by atoms with Crippen molar-refractivity contribution in [1.29, 1.82) is 0 Å². The summed E-state index contributed by atoms with van der Waals surface area (Å²) in [5.41, 5.74) is 1.13. The van der Waals surface area contributed by atoms with Crippen LogP contribution in [0, 0.1) is 0 Å². The molecule has 0 aliphatic rings. The molecule has 0 saturated heterocycles. The van der Waals surface area contributed by atoms with Gasteiger partial charge in [0.2, 0.25) is 0 Å². The largest absolute Gasteiger partial charge is 0.394 e. The summed E-state index contributed by atoms with van der Waals surface area (Å²) in [6.07, 6.45) is 34.1. The first-order valence-electron chi connectivity index (χ1n) is 36.4. The van der Waals surface area contributed by atoms with Crippen LogP contribution in [0.25, 0.3) is 0 Å². The number of amides is 3. The Labute approximate surface area is 563 Å². The standard InChI is InChI=1S/C72H135N3O18/c1-73(34-28-22-16-10-4-7-13-19-25-31-40-82-46-52-88-58-61-91-55-49-85-43-37-76)70(79)67-64-68(71(80)74(2)35-29-23-17-11-5-8-14-20-26-32-41-83-47-53-89-59-62-92-56-50-86-44-38-77)66-69(65-67)72(81)75(3)36-30-24-18-12-6-9-15-21-27-33-42-84-48-54-90-60-63-93-57-51-87-45-39-78/h64-66,76-78H,4-63H2,1-3H3. The van der Waals surface area contributed by atoms with Gasteiger partial charge in [0.15, 0.2) is 0 Å². The fourth-order valence-electron chi connectivity index (χ4n) is 10.3. The van der Waals surface area contributed by atoms with E-state index in [1.54, 1.807) is 32.9 Å². The zero-order valence-electron chi connectivity index (χ0n) is 59.0. The van der Waals surface area contributed by atoms with E-state index >= 15 is 0 Å². The van der Waals surface area contributed by atoms with Crippen LogP contribution < -0.4 is 0 Å². The molecule has 0 aromatic heterocycles. The van der Waals surface area contributed by atoms with Crippen LogP contribution in [0.1, 0.15) is 224 Å². The molecular weight excluding hydrogens is 1190 g/mol. The number of unbranched alkanes of at least 4 members (excludes halogenated alkanes) is 27. The van der Waals surface area contributed by atoms with E-state index in [9.17, 15) is 14.4 Å². The molecule has 93 heavy (non-hydrogen) atoms. The minimum Gasteiger partial charge on any atom is -0.394 e. The number of aliphatic hydroxyl groups is 3. The van der Waals surface area contributed by atoms with Crippen molar-refractivity contribution >= 4 is 17.7 Å². The first-order valence-corrected chi connectivity index (χ1v) is 36.4. The average Bonchev–Trinajstić information content (AvgIpc) is 0.915. The highest BCUT2D eigenvalue weighted by Crippen LogP contribution is 2.20. The molecule has 1 aromatic rings. The van der Waals surface area contributed by atoms with Crippen molar-refractivity contribution in [2.24, 2.45) is 0 Å². The molecule has 3 amide bonds. The van der Waals surface area contributed by atoms with Crippen molar-refractivity contribution in [2.45, 2.75) is 193 Å². The van der Waals surface area contributed by atoms with Crippen molar-refractivity contribution in [3.63, 3.8) is 0 Å². The van der Waals surface area contributed by atoms with Gasteiger partial charge in [-0.2, -0.15) is 0 Å². The van der Waals surface area contributed by atoms with Crippen LogP contribution in [0.3, 0.4) is 0 Å². The maximum absolute atomic E-state index is 14.1. The van der Waals surface area contributed by atoms with Gasteiger partial charge in [-0.3, -0.25) is 14.4 Å². The molecule has 0 atom stereocenters. The predicted molar refractivity (Wildman–Crippen MR) is 367 cm³/mol. The summed E-state index contributed by atoms with van der Waals surface area (Å²) in [5, 5.41) is 26.1. The van der Waals surface area contributed by atoms with Crippen LogP contribution in [-0.2, 0) is 56.8 Å². The molecule has 0 fully saturated rings. The average molecular weight is 1330 g/mol. The molecule has 0 unspecified atom stereocenters. The Morgan fingerprint density at radius 3 is 0.538 bits per heavy atom. The number of carbonyl (C=O) groups is 3. The number of benzene rings is 1. The Kier molecular flexibility index (Phi) is 66.6. The first-order chi connectivity index (χ1) is 45.8. The van der Waals surface area contributed by atoms with Gasteiger partial charge in [-0.05, 0) is 56.7 Å². The summed E-state index contributed by atoms with van der Waals surface area (Å²) in [7, 11) is 5.47. The van der Waals surface area contributed by atoms with Gasteiger partial charge in [0.1, 0.15) is 0 Å². The van der Waals surface area contributed by atoms with Gasteiger partial charge >= 0.3 is 0 Å². The number of rotatable bonds is 75. The van der Waals surface area contributed by atoms with Crippen LogP contribution in [-0.4, -0.2) is 267 Å². The summed E-state index contributed by atoms with van der Waals surface area (Å²) in [5.74, 6) is -0.516. The normalized spacial score (nSPS) is 11.5. The summed E-state index contributed by atoms with van der Waals surface area (Å²) >= 11 is 0. The van der Waals surface area contributed by atoms with Crippen molar-refractivity contribution in [1.82, 2.24) is 14.7 Å². The Morgan fingerprint density at radius 1 is 0.226 bits per heavy atom. The van der Waals surface area contributed by atoms with E-state index in [1.165, 1.54) is 116 Å². The van der Waals surface area contributed by atoms with E-state index in [-0.39, 0.29) is 37.5 Å². The van der Waals surface area contributed by atoms with Crippen LogP contribution in [0.4, 0.5) is 0 Å². The number of carbonyl (C=O) groups excluding carboxylic acids is 3. The molecule has 0 spiro atoms. The zero-order valence-corrected chi connectivity index (χ0v) is 59.0. The number of hydrogen-bond acceptors (Lipinski definition) is 18. The molecule has 546 valence electrons. The van der Waals surface area contributed by atoms with Crippen molar-refractivity contribution in [3.8, 4) is 0 Å². The monoisotopic (exact) mass is 1330 g/mol. The lowest BCUT2D eigenvalue weighted by molar-refractivity contribution is -0.00577. The van der Waals surface area contributed by atoms with E-state index in [4.69, 9.17) is 72.2 Å². The van der Waals surface area contributed by atoms with E-state index in [1.807, 2.05) is 21.1 Å². The van der Waals surface area contributed by atoms with E-state index in [2.05, 4.69) is 0 Å². The first kappa shape index (κ1) is 88.0. The van der Waals surface area contributed by atoms with E-state index in [0.29, 0.717) is 175 Å². The number of ether oxygens (including phenoxy) is 12. The van der Waals surface area contributed by atoms with Gasteiger partial charge in [-0.15, -0.1) is 0 Å². The summed E-state index contributed by atoms with van der Waals surface area (Å²) in [6.45, 7) is 14.7. The summed E-state index contributed by atoms with van der Waals surface area (Å²) in [6, 6.07) is 5.07. The molecule has 0 bridgehead atoms. The molecule has 0 heterocycles. The molecular formula is C72H135N3O18. The van der Waals surface area contributed by atoms with Crippen molar-refractivity contribution in [2.75, 3.05) is 219 Å². The lowest BCUT2D eigenvalue weighted by Gasteiger charge is -2.22. The van der Waals surface area contributed by atoms with Gasteiger partial charge in [-0.1, -0.05) is 154 Å². The fourth-order valence-corrected chi connectivity index (χ4v) is 10.3. The van der Waals surface area contributed by atoms with Crippen LogP contribution in [0.2, 0.25) is 0 Å². The van der Waals surface area contributed by atoms with E-state index < -0.39 is 0 Å². The SMILES string of the molecule is CN(CCCCCCCCCCCCOCCOCCOCCOCCO)C(=O)c1cc(C(=O)N(C)CCCCCCCCCCCCOCCOCCOCCOCCO)cc(C(=O)N(C)CCCCCCCCCCCCOCCOCCOCCOCCO)c1. The predicted octanol–water partition coefficient (Wildman–Crippen LogP) is 10.8. The summed E-state index contributed by atoms with van der Waals surface area (Å²) < 4.78 is 65.5. The molecule has 3 N–H and O–H groups in total. The lowest BCUT2D eigenvalue weighted by atomic mass is 10.0. The van der Waals surface area contributed by atoms with Gasteiger partial charge in [0.05, 0.1) is 159 Å². The van der Waals surface area contributed by atoms with Crippen LogP contribution in [0.5, 0.6) is 0 Å². The maximum Gasteiger partial charge on any atom is 0.253 e. The molecule has 0 saturated carbocycles. The highest BCUT2D eigenvalue weighted by atomic mass is 16.6. The third-order valence-corrected chi connectivity index (χ3v) is 15.9. The zero-order chi connectivity index (χ0) is 67.2. The Balaban J connectivity index is 2.47. The third-order valence-electron chi connectivity index (χ3n) is 15.9. The molecule has 0 aliphatic heterocycles. The second-order valence-corrected chi connectivity index (χ2v) is 24.1. The van der Waals surface area contributed by atoms with Crippen LogP contribution in [0.15, 0.2) is 18.2 Å². The topological polar surface area (TPSA) is 232 Å². The molecule has 1 aromatic carbocycles. The minimum atomic E-state index is -0.172. The fraction of sp³-hybridized carbons (Fsp3) is 0.875. The number of nitrogens with zero attached hydrogens (tertiary/aromatic N) is 3. The van der Waals surface area contributed by atoms with Crippen LogP contribution >= 0.6 is 0 Å². The molecule has 21 nitrogen and oxygen atoms in total. The van der Waals surface area contributed by atoms with Gasteiger partial charge in [0.25, 0.3) is 17.7 Å². The quantitative estimate of drug-likeness (QED) is 0.0515. The third kappa shape index (κ3) is 57.8. The number of aliphatic hydroxyl groups excluding tert-OH is 3. The molecule has 21 heteroatoms. The Hall–Kier alpha value is -2.97. The Morgan fingerprint density at radius 2 is 0.366 bits per heavy atom. The smallest absolute Gasteiger partial charge is 0.253 e. The Bertz CT molecular complexity index is 1570. The molecule has 0 radical (unpaired) electrons.